The zero-order valence-corrected chi connectivity index (χ0v) is 37.0. The number of rotatable bonds is 5. The second-order valence-electron chi connectivity index (χ2n) is 12.7. The van der Waals surface area contributed by atoms with Gasteiger partial charge in [-0.25, -0.2) is 9.59 Å². The van der Waals surface area contributed by atoms with E-state index in [1.54, 1.807) is 24.8 Å². The number of aryl methyl sites for hydroxylation is 2. The molecule has 2 amide bonds. The Balaban J connectivity index is 0.000000410. The van der Waals surface area contributed by atoms with Crippen LogP contribution in [0.3, 0.4) is 0 Å². The number of nitrogens with one attached hydrogen (secondary N) is 1. The summed E-state index contributed by atoms with van der Waals surface area (Å²) in [6.45, 7) is 3.90. The predicted octanol–water partition coefficient (Wildman–Crippen LogP) is 12.6. The number of hydrogen-bond donors (Lipinski definition) is 3. The van der Waals surface area contributed by atoms with Crippen LogP contribution in [0.5, 0.6) is 0 Å². The first-order chi connectivity index (χ1) is 29.5. The third-order valence-corrected chi connectivity index (χ3v) is 6.82. The zero-order valence-electron chi connectivity index (χ0n) is 33.5. The summed E-state index contributed by atoms with van der Waals surface area (Å²) in [4.78, 5) is 66.7. The molecular formula is C38H33F12N7O6P2Ru. The Morgan fingerprint density at radius 2 is 0.727 bits per heavy atom. The van der Waals surface area contributed by atoms with E-state index in [-0.39, 0.29) is 42.4 Å². The summed E-state index contributed by atoms with van der Waals surface area (Å²) in [6, 6.07) is 25.0. The van der Waals surface area contributed by atoms with Gasteiger partial charge in [0, 0.05) is 50.0 Å². The van der Waals surface area contributed by atoms with Gasteiger partial charge in [-0.15, -0.1) is 0 Å². The topological polar surface area (TPSA) is 198 Å². The summed E-state index contributed by atoms with van der Waals surface area (Å²) < 4.78 is 118. The first-order valence-corrected chi connectivity index (χ1v) is 21.6. The first kappa shape index (κ1) is 57.6. The molecule has 7 heterocycles. The molecule has 0 unspecified atom stereocenters. The summed E-state index contributed by atoms with van der Waals surface area (Å²) >= 11 is 0. The Labute approximate surface area is 378 Å². The molecule has 1 fully saturated rings. The maximum atomic E-state index is 10.8. The van der Waals surface area contributed by atoms with Crippen LogP contribution in [0.15, 0.2) is 122 Å². The van der Waals surface area contributed by atoms with Gasteiger partial charge in [-0.05, 0) is 97.8 Å². The minimum atomic E-state index is -10.7. The van der Waals surface area contributed by atoms with Gasteiger partial charge in [0.15, 0.2) is 0 Å². The molecule has 0 aromatic carbocycles. The molecule has 28 heteroatoms. The third-order valence-electron chi connectivity index (χ3n) is 6.82. The SMILES string of the molecule is Cc1ccnc(-c2cc(C(=O)O)ccn2)c1.Cc1ccnc(-c2cc(C(=O)O)ccn2)c1.F[P-](F)(F)(F)(F)F.F[P-](F)(F)(F)(F)F.O=C1CCC(=O)N1.[Ru+2].c1ccc(-c2ccccn2)nc1. The van der Waals surface area contributed by atoms with Gasteiger partial charge in [-0.3, -0.25) is 44.8 Å². The number of carboxylic acid groups (broad SMARTS) is 2. The van der Waals surface area contributed by atoms with Crippen molar-refractivity contribution < 1.29 is 99.2 Å². The third kappa shape index (κ3) is 29.9. The van der Waals surface area contributed by atoms with Crippen LogP contribution >= 0.6 is 15.6 Å². The number of carbonyl (C=O) groups is 4. The first-order valence-electron chi connectivity index (χ1n) is 17.5. The van der Waals surface area contributed by atoms with E-state index in [0.717, 1.165) is 22.5 Å². The zero-order chi connectivity index (χ0) is 49.4. The average Bonchev–Trinajstić information content (AvgIpc) is 3.58. The largest absolute Gasteiger partial charge is 2.00 e. The van der Waals surface area contributed by atoms with Gasteiger partial charge in [-0.2, -0.15) is 0 Å². The predicted molar refractivity (Wildman–Crippen MR) is 215 cm³/mol. The number of pyridine rings is 6. The fraction of sp³-hybridized carbons (Fsp3) is 0.105. The Morgan fingerprint density at radius 1 is 0.455 bits per heavy atom. The van der Waals surface area contributed by atoms with Gasteiger partial charge >= 0.3 is 97.4 Å². The average molecular weight is 1070 g/mol. The minimum Gasteiger partial charge on any atom is -0.296 e. The van der Waals surface area contributed by atoms with Crippen LogP contribution in [0, 0.1) is 13.8 Å². The van der Waals surface area contributed by atoms with Crippen molar-refractivity contribution in [1.82, 2.24) is 35.2 Å². The Hall–Kier alpha value is -6.38. The number of aromatic nitrogens is 6. The molecule has 358 valence electrons. The van der Waals surface area contributed by atoms with Crippen molar-refractivity contribution in [3.05, 3.63) is 144 Å². The van der Waals surface area contributed by atoms with Gasteiger partial charge in [0.25, 0.3) is 0 Å². The molecule has 13 nitrogen and oxygen atoms in total. The molecule has 0 spiro atoms. The molecule has 0 radical (unpaired) electrons. The summed E-state index contributed by atoms with van der Waals surface area (Å²) in [5.41, 5.74) is 6.90. The fourth-order valence-electron chi connectivity index (χ4n) is 4.30. The Kier molecular flexibility index (Phi) is 19.0. The standard InChI is InChI=1S/2C12H10N2O2.C10H8N2.C4H5NO2.2F6P.Ru/c2*1-8-2-4-13-10(6-8)11-7-9(12(15)16)3-5-14-11;1-3-7-11-9(5-1)10-6-2-4-8-12-10;6-3-1-2-4(7)5-3;2*1-7(2,3,4,5)6;/h2*2-7H,1H3,(H,15,16);1-8H;1-2H2,(H,5,6,7);;;/q;;;;2*-1;+2. The van der Waals surface area contributed by atoms with Crippen LogP contribution in [-0.4, -0.2) is 63.9 Å². The second-order valence-corrected chi connectivity index (χ2v) is 16.6. The fourth-order valence-corrected chi connectivity index (χ4v) is 4.30. The van der Waals surface area contributed by atoms with Crippen LogP contribution in [0.25, 0.3) is 34.2 Å². The molecule has 66 heavy (non-hydrogen) atoms. The van der Waals surface area contributed by atoms with Crippen molar-refractivity contribution in [1.29, 1.82) is 0 Å². The van der Waals surface area contributed by atoms with Crippen LogP contribution in [0.1, 0.15) is 44.7 Å². The number of carbonyl (C=O) groups excluding carboxylic acids is 2. The number of imide groups is 1. The van der Waals surface area contributed by atoms with Crippen LogP contribution < -0.4 is 5.32 Å². The number of hydrogen-bond acceptors (Lipinski definition) is 10. The second kappa shape index (κ2) is 21.7. The van der Waals surface area contributed by atoms with Crippen molar-refractivity contribution in [2.45, 2.75) is 26.7 Å². The van der Waals surface area contributed by atoms with Gasteiger partial charge in [0.05, 0.1) is 45.3 Å². The van der Waals surface area contributed by atoms with Crippen LogP contribution in [-0.2, 0) is 29.1 Å². The maximum absolute atomic E-state index is 10.8. The van der Waals surface area contributed by atoms with Crippen LogP contribution in [0.2, 0.25) is 0 Å². The quantitative estimate of drug-likeness (QED) is 0.0640. The number of halogens is 12. The molecule has 0 aliphatic carbocycles. The van der Waals surface area contributed by atoms with Crippen molar-refractivity contribution in [3.63, 3.8) is 0 Å². The van der Waals surface area contributed by atoms with Crippen molar-refractivity contribution in [2.24, 2.45) is 0 Å². The minimum absolute atomic E-state index is 0. The van der Waals surface area contributed by atoms with E-state index >= 15 is 0 Å². The normalized spacial score (nSPS) is 13.7. The summed E-state index contributed by atoms with van der Waals surface area (Å²) in [7, 11) is -21.3. The molecule has 1 aliphatic rings. The van der Waals surface area contributed by atoms with Crippen molar-refractivity contribution in [2.75, 3.05) is 0 Å². The van der Waals surface area contributed by atoms with E-state index in [0.29, 0.717) is 35.6 Å². The van der Waals surface area contributed by atoms with E-state index in [1.165, 1.54) is 36.7 Å². The van der Waals surface area contributed by atoms with E-state index in [2.05, 4.69) is 35.2 Å². The number of carboxylic acids is 2. The molecule has 1 aliphatic heterocycles. The number of nitrogens with zero attached hydrogens (tertiary/aromatic N) is 6. The van der Waals surface area contributed by atoms with Gasteiger partial charge < -0.3 is 10.2 Å². The smallest absolute Gasteiger partial charge is 0.296 e. The van der Waals surface area contributed by atoms with Crippen molar-refractivity contribution in [3.8, 4) is 34.2 Å². The molecule has 0 atom stereocenters. The summed E-state index contributed by atoms with van der Waals surface area (Å²) in [6.07, 6.45) is 10.6. The van der Waals surface area contributed by atoms with Gasteiger partial charge in [0.2, 0.25) is 11.8 Å². The van der Waals surface area contributed by atoms with E-state index in [9.17, 15) is 69.5 Å². The monoisotopic (exact) mass is 1080 g/mol. The van der Waals surface area contributed by atoms with E-state index < -0.39 is 27.6 Å². The molecule has 3 N–H and O–H groups in total. The number of amides is 2. The van der Waals surface area contributed by atoms with Crippen LogP contribution in [0.4, 0.5) is 50.4 Å². The molecular weight excluding hydrogens is 1040 g/mol. The van der Waals surface area contributed by atoms with Gasteiger partial charge in [0.1, 0.15) is 0 Å². The van der Waals surface area contributed by atoms with E-state index in [4.69, 9.17) is 10.2 Å². The number of aromatic carboxylic acids is 2. The van der Waals surface area contributed by atoms with E-state index in [1.807, 2.05) is 74.5 Å². The molecule has 0 bridgehead atoms. The summed E-state index contributed by atoms with van der Waals surface area (Å²) in [5.74, 6) is -2.22. The molecule has 6 aromatic heterocycles. The molecule has 7 rings (SSSR count). The van der Waals surface area contributed by atoms with Gasteiger partial charge in [-0.1, -0.05) is 12.1 Å². The Morgan fingerprint density at radius 3 is 0.955 bits per heavy atom. The summed E-state index contributed by atoms with van der Waals surface area (Å²) in [5, 5.41) is 19.9. The molecule has 6 aromatic rings. The molecule has 0 saturated carbocycles. The molecule has 1 saturated heterocycles. The Bertz CT molecular complexity index is 2410. The maximum Gasteiger partial charge on any atom is 2.00 e. The van der Waals surface area contributed by atoms with Crippen molar-refractivity contribution >= 4 is 39.4 Å².